The first-order valence-corrected chi connectivity index (χ1v) is 8.02. The maximum atomic E-state index is 12.1. The quantitative estimate of drug-likeness (QED) is 0.867. The van der Waals surface area contributed by atoms with Gasteiger partial charge < -0.3 is 9.84 Å². The molecule has 1 aromatic heterocycles. The van der Waals surface area contributed by atoms with E-state index in [2.05, 4.69) is 4.72 Å². The average Bonchev–Trinajstić information content (AvgIpc) is 2.87. The van der Waals surface area contributed by atoms with Gasteiger partial charge in [0.1, 0.15) is 9.62 Å². The van der Waals surface area contributed by atoms with Crippen LogP contribution in [-0.2, 0) is 19.6 Å². The van der Waals surface area contributed by atoms with Crippen LogP contribution in [-0.4, -0.2) is 38.7 Å². The number of aliphatic carboxylic acids is 1. The lowest BCUT2D eigenvalue weighted by molar-refractivity contribution is -0.148. The number of rotatable bonds is 4. The van der Waals surface area contributed by atoms with Crippen LogP contribution in [0.2, 0.25) is 4.34 Å². The third-order valence-corrected chi connectivity index (χ3v) is 6.25. The first-order valence-electron chi connectivity index (χ1n) is 5.34. The Hall–Kier alpha value is -0.670. The van der Waals surface area contributed by atoms with Crippen molar-refractivity contribution in [1.82, 2.24) is 4.72 Å². The molecule has 2 heterocycles. The molecule has 2 atom stereocenters. The molecule has 19 heavy (non-hydrogen) atoms. The summed E-state index contributed by atoms with van der Waals surface area (Å²) in [4.78, 5) is 11.2. The number of hydrogen-bond acceptors (Lipinski definition) is 5. The van der Waals surface area contributed by atoms with Crippen molar-refractivity contribution in [3.8, 4) is 0 Å². The van der Waals surface area contributed by atoms with E-state index < -0.39 is 27.4 Å². The summed E-state index contributed by atoms with van der Waals surface area (Å²) in [5.41, 5.74) is -1.27. The van der Waals surface area contributed by atoms with Gasteiger partial charge in [0, 0.05) is 0 Å². The Balaban J connectivity index is 2.23. The average molecular weight is 326 g/mol. The van der Waals surface area contributed by atoms with Crippen molar-refractivity contribution in [3.05, 3.63) is 16.5 Å². The van der Waals surface area contributed by atoms with Gasteiger partial charge in [-0.3, -0.25) is 4.79 Å². The van der Waals surface area contributed by atoms with Crippen LogP contribution in [0, 0.1) is 5.41 Å². The highest BCUT2D eigenvalue weighted by Crippen LogP contribution is 2.31. The van der Waals surface area contributed by atoms with Gasteiger partial charge in [0.05, 0.1) is 23.6 Å². The van der Waals surface area contributed by atoms with E-state index in [-0.39, 0.29) is 17.4 Å². The van der Waals surface area contributed by atoms with Crippen LogP contribution in [0.15, 0.2) is 16.3 Å². The van der Waals surface area contributed by atoms with Gasteiger partial charge in [-0.15, -0.1) is 11.3 Å². The SMILES string of the molecule is CC1(C(=O)O)COCC1NS(=O)(=O)c1ccc(Cl)s1. The smallest absolute Gasteiger partial charge is 0.313 e. The molecule has 0 spiro atoms. The van der Waals surface area contributed by atoms with Gasteiger partial charge in [0.2, 0.25) is 10.0 Å². The molecule has 1 aliphatic rings. The molecule has 0 amide bonds. The summed E-state index contributed by atoms with van der Waals surface area (Å²) in [5, 5.41) is 9.18. The van der Waals surface area contributed by atoms with Crippen LogP contribution in [0.1, 0.15) is 6.92 Å². The zero-order valence-corrected chi connectivity index (χ0v) is 12.3. The third kappa shape index (κ3) is 2.77. The summed E-state index contributed by atoms with van der Waals surface area (Å²) in [6.07, 6.45) is 0. The molecule has 1 saturated heterocycles. The van der Waals surface area contributed by atoms with Gasteiger partial charge >= 0.3 is 5.97 Å². The summed E-state index contributed by atoms with van der Waals surface area (Å²) in [7, 11) is -3.79. The molecule has 0 saturated carbocycles. The zero-order valence-electron chi connectivity index (χ0n) is 9.92. The maximum absolute atomic E-state index is 12.1. The Kier molecular flexibility index (Phi) is 3.90. The second kappa shape index (κ2) is 5.02. The van der Waals surface area contributed by atoms with Crippen molar-refractivity contribution in [1.29, 1.82) is 0 Å². The molecular weight excluding hydrogens is 314 g/mol. The van der Waals surface area contributed by atoms with E-state index in [0.717, 1.165) is 11.3 Å². The molecule has 2 N–H and O–H groups in total. The van der Waals surface area contributed by atoms with Crippen LogP contribution >= 0.6 is 22.9 Å². The summed E-state index contributed by atoms with van der Waals surface area (Å²) in [5.74, 6) is -1.10. The lowest BCUT2D eigenvalue weighted by Gasteiger charge is -2.24. The summed E-state index contributed by atoms with van der Waals surface area (Å²) < 4.78 is 32.1. The largest absolute Gasteiger partial charge is 0.481 e. The molecule has 6 nitrogen and oxygen atoms in total. The fourth-order valence-electron chi connectivity index (χ4n) is 1.74. The Morgan fingerprint density at radius 3 is 2.84 bits per heavy atom. The van der Waals surface area contributed by atoms with Crippen molar-refractivity contribution >= 4 is 38.9 Å². The second-order valence-corrected chi connectivity index (χ2v) is 8.13. The minimum absolute atomic E-state index is 0.0271. The number of carbonyl (C=O) groups is 1. The Morgan fingerprint density at radius 1 is 1.63 bits per heavy atom. The van der Waals surface area contributed by atoms with Gasteiger partial charge in [-0.2, -0.15) is 0 Å². The molecule has 106 valence electrons. The predicted octanol–water partition coefficient (Wildman–Crippen LogP) is 1.17. The number of carboxylic acid groups (broad SMARTS) is 1. The van der Waals surface area contributed by atoms with Crippen LogP contribution in [0.25, 0.3) is 0 Å². The Bertz CT molecular complexity index is 599. The lowest BCUT2D eigenvalue weighted by Crippen LogP contribution is -2.49. The highest BCUT2D eigenvalue weighted by molar-refractivity contribution is 7.91. The van der Waals surface area contributed by atoms with Crippen molar-refractivity contribution in [2.24, 2.45) is 5.41 Å². The van der Waals surface area contributed by atoms with Crippen molar-refractivity contribution in [3.63, 3.8) is 0 Å². The molecule has 2 rings (SSSR count). The summed E-state index contributed by atoms with van der Waals surface area (Å²) in [6.45, 7) is 1.46. The number of sulfonamides is 1. The minimum atomic E-state index is -3.79. The molecule has 1 fully saturated rings. The van der Waals surface area contributed by atoms with Gasteiger partial charge in [-0.1, -0.05) is 11.6 Å². The summed E-state index contributed by atoms with van der Waals surface area (Å²) in [6, 6.07) is 2.04. The lowest BCUT2D eigenvalue weighted by atomic mass is 9.86. The highest BCUT2D eigenvalue weighted by Gasteiger charge is 2.48. The summed E-state index contributed by atoms with van der Waals surface area (Å²) >= 11 is 6.61. The van der Waals surface area contributed by atoms with Crippen molar-refractivity contribution in [2.75, 3.05) is 13.2 Å². The molecule has 0 radical (unpaired) electrons. The van der Waals surface area contributed by atoms with Gasteiger partial charge in [-0.25, -0.2) is 13.1 Å². The first-order chi connectivity index (χ1) is 8.75. The number of carboxylic acids is 1. The number of thiophene rings is 1. The van der Waals surface area contributed by atoms with Crippen LogP contribution < -0.4 is 4.72 Å². The molecule has 0 aliphatic carbocycles. The second-order valence-electron chi connectivity index (χ2n) is 4.47. The van der Waals surface area contributed by atoms with E-state index in [1.165, 1.54) is 19.1 Å². The number of halogens is 1. The molecule has 9 heteroatoms. The standard InChI is InChI=1S/C10H12ClNO5S2/c1-10(9(13)14)5-17-4-6(10)12-19(15,16)8-3-2-7(11)18-8/h2-3,6,12H,4-5H2,1H3,(H,13,14). The molecule has 1 aliphatic heterocycles. The normalized spacial score (nSPS) is 27.6. The highest BCUT2D eigenvalue weighted by atomic mass is 35.5. The third-order valence-electron chi connectivity index (χ3n) is 3.05. The van der Waals surface area contributed by atoms with E-state index in [1.807, 2.05) is 0 Å². The topological polar surface area (TPSA) is 92.7 Å². The van der Waals surface area contributed by atoms with Crippen LogP contribution in [0.5, 0.6) is 0 Å². The Morgan fingerprint density at radius 2 is 2.32 bits per heavy atom. The number of hydrogen-bond donors (Lipinski definition) is 2. The number of ether oxygens (including phenoxy) is 1. The van der Waals surface area contributed by atoms with Crippen molar-refractivity contribution < 1.29 is 23.1 Å². The monoisotopic (exact) mass is 325 g/mol. The van der Waals surface area contributed by atoms with Crippen LogP contribution in [0.3, 0.4) is 0 Å². The molecule has 1 aromatic rings. The molecule has 0 bridgehead atoms. The predicted molar refractivity (Wildman–Crippen MR) is 70.0 cm³/mol. The minimum Gasteiger partial charge on any atom is -0.481 e. The molecule has 2 unspecified atom stereocenters. The van der Waals surface area contributed by atoms with E-state index in [9.17, 15) is 18.3 Å². The first kappa shape index (κ1) is 14.7. The molecule has 0 aromatic carbocycles. The number of nitrogens with one attached hydrogen (secondary N) is 1. The van der Waals surface area contributed by atoms with E-state index >= 15 is 0 Å². The van der Waals surface area contributed by atoms with Gasteiger partial charge in [0.15, 0.2) is 0 Å². The zero-order chi connectivity index (χ0) is 14.3. The Labute approximate surface area is 119 Å². The maximum Gasteiger partial charge on any atom is 0.313 e. The van der Waals surface area contributed by atoms with Gasteiger partial charge in [0.25, 0.3) is 0 Å². The van der Waals surface area contributed by atoms with E-state index in [0.29, 0.717) is 4.34 Å². The van der Waals surface area contributed by atoms with Crippen LogP contribution in [0.4, 0.5) is 0 Å². The van der Waals surface area contributed by atoms with E-state index in [4.69, 9.17) is 16.3 Å². The fourth-order valence-corrected chi connectivity index (χ4v) is 4.57. The van der Waals surface area contributed by atoms with Gasteiger partial charge in [-0.05, 0) is 19.1 Å². The van der Waals surface area contributed by atoms with Crippen molar-refractivity contribution in [2.45, 2.75) is 17.2 Å². The molecular formula is C10H12ClNO5S2. The fraction of sp³-hybridized carbons (Fsp3) is 0.500. The van der Waals surface area contributed by atoms with E-state index in [1.54, 1.807) is 0 Å².